The molecule has 150 valence electrons. The lowest BCUT2D eigenvalue weighted by Crippen LogP contribution is -2.35. The summed E-state index contributed by atoms with van der Waals surface area (Å²) in [6, 6.07) is 9.33. The van der Waals surface area contributed by atoms with Crippen LogP contribution in [-0.2, 0) is 4.79 Å². The summed E-state index contributed by atoms with van der Waals surface area (Å²) < 4.78 is 24.7. The number of benzene rings is 2. The van der Waals surface area contributed by atoms with Gasteiger partial charge in [0.25, 0.3) is 5.91 Å². The highest BCUT2D eigenvalue weighted by atomic mass is 19.1. The van der Waals surface area contributed by atoms with Crippen LogP contribution in [0.4, 0.5) is 10.1 Å². The molecular formula is C21H25FN2O4. The van der Waals surface area contributed by atoms with Crippen molar-refractivity contribution in [3.8, 4) is 11.5 Å². The zero-order valence-corrected chi connectivity index (χ0v) is 16.5. The molecule has 1 N–H and O–H groups in total. The van der Waals surface area contributed by atoms with E-state index in [2.05, 4.69) is 5.32 Å². The van der Waals surface area contributed by atoms with Crippen LogP contribution in [0, 0.1) is 12.7 Å². The van der Waals surface area contributed by atoms with Crippen LogP contribution in [0.2, 0.25) is 0 Å². The van der Waals surface area contributed by atoms with Crippen LogP contribution in [-0.4, -0.2) is 43.5 Å². The summed E-state index contributed by atoms with van der Waals surface area (Å²) in [4.78, 5) is 25.9. The Kier molecular flexibility index (Phi) is 7.37. The number of rotatable bonds is 8. The Hall–Kier alpha value is -3.09. The van der Waals surface area contributed by atoms with E-state index in [1.165, 1.54) is 30.1 Å². The van der Waals surface area contributed by atoms with Crippen molar-refractivity contribution in [2.75, 3.05) is 32.1 Å². The van der Waals surface area contributed by atoms with E-state index >= 15 is 0 Å². The Morgan fingerprint density at radius 2 is 1.71 bits per heavy atom. The highest BCUT2D eigenvalue weighted by Crippen LogP contribution is 2.30. The number of ether oxygens (including phenoxy) is 2. The van der Waals surface area contributed by atoms with Crippen molar-refractivity contribution in [2.45, 2.75) is 20.8 Å². The SMILES string of the molecule is CCOc1ccc(NC(=O)CN(C)C(=O)c2ccc(C)c(F)c2)cc1OCC. The molecule has 2 aromatic carbocycles. The molecular weight excluding hydrogens is 363 g/mol. The fraction of sp³-hybridized carbons (Fsp3) is 0.333. The topological polar surface area (TPSA) is 67.9 Å². The minimum Gasteiger partial charge on any atom is -0.490 e. The maximum Gasteiger partial charge on any atom is 0.254 e. The number of hydrogen-bond donors (Lipinski definition) is 1. The number of halogens is 1. The highest BCUT2D eigenvalue weighted by Gasteiger charge is 2.17. The number of likely N-dealkylation sites (N-methyl/N-ethyl adjacent to an activating group) is 1. The van der Waals surface area contributed by atoms with Crippen LogP contribution in [0.3, 0.4) is 0 Å². The number of anilines is 1. The summed E-state index contributed by atoms with van der Waals surface area (Å²) in [6.07, 6.45) is 0. The van der Waals surface area contributed by atoms with E-state index in [9.17, 15) is 14.0 Å². The quantitative estimate of drug-likeness (QED) is 0.750. The van der Waals surface area contributed by atoms with Crippen molar-refractivity contribution in [2.24, 2.45) is 0 Å². The average Bonchev–Trinajstić information content (AvgIpc) is 2.65. The molecule has 7 heteroatoms. The number of amides is 2. The summed E-state index contributed by atoms with van der Waals surface area (Å²) in [7, 11) is 1.49. The van der Waals surface area contributed by atoms with Gasteiger partial charge in [-0.25, -0.2) is 4.39 Å². The van der Waals surface area contributed by atoms with Crippen LogP contribution < -0.4 is 14.8 Å². The maximum atomic E-state index is 13.7. The van der Waals surface area contributed by atoms with Gasteiger partial charge in [0.05, 0.1) is 19.8 Å². The van der Waals surface area contributed by atoms with Crippen molar-refractivity contribution in [1.29, 1.82) is 0 Å². The molecule has 0 spiro atoms. The number of aryl methyl sites for hydroxylation is 1. The zero-order chi connectivity index (χ0) is 20.7. The Labute approximate surface area is 164 Å². The first-order valence-corrected chi connectivity index (χ1v) is 9.06. The number of carbonyl (C=O) groups is 2. The summed E-state index contributed by atoms with van der Waals surface area (Å²) in [5.74, 6) is -0.148. The van der Waals surface area contributed by atoms with Crippen molar-refractivity contribution in [3.05, 3.63) is 53.3 Å². The second kappa shape index (κ2) is 9.73. The van der Waals surface area contributed by atoms with Crippen LogP contribution in [0.15, 0.2) is 36.4 Å². The van der Waals surface area contributed by atoms with Crippen molar-refractivity contribution >= 4 is 17.5 Å². The summed E-state index contributed by atoms with van der Waals surface area (Å²) in [6.45, 7) is 6.13. The molecule has 0 aliphatic rings. The predicted molar refractivity (Wildman–Crippen MR) is 106 cm³/mol. The molecule has 2 rings (SSSR count). The van der Waals surface area contributed by atoms with Gasteiger partial charge in [-0.3, -0.25) is 9.59 Å². The maximum absolute atomic E-state index is 13.7. The second-order valence-electron chi connectivity index (χ2n) is 6.20. The largest absolute Gasteiger partial charge is 0.490 e. The molecule has 0 aliphatic carbocycles. The Morgan fingerprint density at radius 3 is 2.36 bits per heavy atom. The van der Waals surface area contributed by atoms with Crippen molar-refractivity contribution in [3.63, 3.8) is 0 Å². The molecule has 2 amide bonds. The van der Waals surface area contributed by atoms with Gasteiger partial charge in [-0.1, -0.05) is 6.07 Å². The van der Waals surface area contributed by atoms with E-state index in [4.69, 9.17) is 9.47 Å². The summed E-state index contributed by atoms with van der Waals surface area (Å²) in [5, 5.41) is 2.73. The van der Waals surface area contributed by atoms with Crippen molar-refractivity contribution in [1.82, 2.24) is 4.90 Å². The van der Waals surface area contributed by atoms with Gasteiger partial charge in [0.1, 0.15) is 5.82 Å². The smallest absolute Gasteiger partial charge is 0.254 e. The Balaban J connectivity index is 2.03. The molecule has 0 atom stereocenters. The van der Waals surface area contributed by atoms with Crippen LogP contribution in [0.5, 0.6) is 11.5 Å². The second-order valence-corrected chi connectivity index (χ2v) is 6.20. The first-order chi connectivity index (χ1) is 13.3. The monoisotopic (exact) mass is 388 g/mol. The molecule has 6 nitrogen and oxygen atoms in total. The molecule has 0 bridgehead atoms. The van der Waals surface area contributed by atoms with E-state index in [0.29, 0.717) is 36.0 Å². The van der Waals surface area contributed by atoms with Gasteiger partial charge in [0.2, 0.25) is 5.91 Å². The van der Waals surface area contributed by atoms with Crippen LogP contribution in [0.1, 0.15) is 29.8 Å². The van der Waals surface area contributed by atoms with E-state index in [0.717, 1.165) is 0 Å². The molecule has 2 aromatic rings. The number of hydrogen-bond acceptors (Lipinski definition) is 4. The van der Waals surface area contributed by atoms with E-state index in [-0.39, 0.29) is 18.0 Å². The Morgan fingerprint density at radius 1 is 1.04 bits per heavy atom. The number of nitrogens with one attached hydrogen (secondary N) is 1. The van der Waals surface area contributed by atoms with Gasteiger partial charge in [0.15, 0.2) is 11.5 Å². The third-order valence-electron chi connectivity index (χ3n) is 3.97. The van der Waals surface area contributed by atoms with E-state index in [1.54, 1.807) is 25.1 Å². The molecule has 0 heterocycles. The predicted octanol–water partition coefficient (Wildman–Crippen LogP) is 3.64. The van der Waals surface area contributed by atoms with Gasteiger partial charge >= 0.3 is 0 Å². The van der Waals surface area contributed by atoms with Gasteiger partial charge in [-0.05, 0) is 50.6 Å². The van der Waals surface area contributed by atoms with Gasteiger partial charge < -0.3 is 19.7 Å². The van der Waals surface area contributed by atoms with Gasteiger partial charge in [0, 0.05) is 24.4 Å². The highest BCUT2D eigenvalue weighted by molar-refractivity contribution is 5.99. The van der Waals surface area contributed by atoms with Gasteiger partial charge in [-0.15, -0.1) is 0 Å². The summed E-state index contributed by atoms with van der Waals surface area (Å²) in [5.41, 5.74) is 1.18. The molecule has 0 saturated heterocycles. The molecule has 0 unspecified atom stereocenters. The third-order valence-corrected chi connectivity index (χ3v) is 3.97. The lowest BCUT2D eigenvalue weighted by Gasteiger charge is -2.18. The molecule has 0 saturated carbocycles. The van der Waals surface area contributed by atoms with E-state index in [1.807, 2.05) is 13.8 Å². The van der Waals surface area contributed by atoms with E-state index < -0.39 is 11.7 Å². The fourth-order valence-corrected chi connectivity index (χ4v) is 2.56. The molecule has 0 aliphatic heterocycles. The lowest BCUT2D eigenvalue weighted by atomic mass is 10.1. The molecule has 0 radical (unpaired) electrons. The lowest BCUT2D eigenvalue weighted by molar-refractivity contribution is -0.116. The number of carbonyl (C=O) groups excluding carboxylic acids is 2. The minimum absolute atomic E-state index is 0.175. The molecule has 28 heavy (non-hydrogen) atoms. The first kappa shape index (κ1) is 21.2. The Bertz CT molecular complexity index is 854. The third kappa shape index (κ3) is 5.45. The van der Waals surface area contributed by atoms with Gasteiger partial charge in [-0.2, -0.15) is 0 Å². The number of nitrogens with zero attached hydrogens (tertiary/aromatic N) is 1. The zero-order valence-electron chi connectivity index (χ0n) is 16.5. The standard InChI is InChI=1S/C21H25FN2O4/c1-5-27-18-10-9-16(12-19(18)28-6-2)23-20(25)13-24(4)21(26)15-8-7-14(3)17(22)11-15/h7-12H,5-6,13H2,1-4H3,(H,23,25). The molecule has 0 fully saturated rings. The molecule has 0 aromatic heterocycles. The average molecular weight is 388 g/mol. The van der Waals surface area contributed by atoms with Crippen LogP contribution >= 0.6 is 0 Å². The fourth-order valence-electron chi connectivity index (χ4n) is 2.56. The van der Waals surface area contributed by atoms with Crippen LogP contribution in [0.25, 0.3) is 0 Å². The first-order valence-electron chi connectivity index (χ1n) is 9.06. The van der Waals surface area contributed by atoms with Crippen molar-refractivity contribution < 1.29 is 23.5 Å². The summed E-state index contributed by atoms with van der Waals surface area (Å²) >= 11 is 0. The minimum atomic E-state index is -0.457. The normalized spacial score (nSPS) is 10.3.